The largest absolute Gasteiger partial charge is 0.387 e. The average Bonchev–Trinajstić information content (AvgIpc) is 3.27. The summed E-state index contributed by atoms with van der Waals surface area (Å²) in [4.78, 5) is 14.4. The van der Waals surface area contributed by atoms with Crippen LogP contribution in [-0.4, -0.2) is 38.7 Å². The molecule has 1 atom stereocenters. The molecule has 1 aromatic carbocycles. The van der Waals surface area contributed by atoms with Crippen LogP contribution in [0.3, 0.4) is 0 Å². The van der Waals surface area contributed by atoms with Crippen LogP contribution in [0.1, 0.15) is 60.5 Å². The van der Waals surface area contributed by atoms with Crippen molar-refractivity contribution >= 4 is 5.91 Å². The summed E-state index contributed by atoms with van der Waals surface area (Å²) in [6.07, 6.45) is 1.02. The van der Waals surface area contributed by atoms with Crippen LogP contribution in [0.4, 0.5) is 4.39 Å². The third kappa shape index (κ3) is 3.64. The number of carbonyl (C=O) groups excluding carboxylic acids is 1. The van der Waals surface area contributed by atoms with Crippen molar-refractivity contribution in [1.82, 2.24) is 15.1 Å². The van der Waals surface area contributed by atoms with E-state index in [9.17, 15) is 14.3 Å². The molecule has 3 rings (SSSR count). The normalized spacial score (nSPS) is 15.5. The molecule has 1 aliphatic carbocycles. The Morgan fingerprint density at radius 1 is 1.38 bits per heavy atom. The summed E-state index contributed by atoms with van der Waals surface area (Å²) in [5.74, 6) is -0.265. The Morgan fingerprint density at radius 3 is 2.58 bits per heavy atom. The molecular weight excluding hydrogens is 309 g/mol. The summed E-state index contributed by atoms with van der Waals surface area (Å²) < 4.78 is 13.0. The number of hydrogen-bond donors (Lipinski definition) is 2. The summed E-state index contributed by atoms with van der Waals surface area (Å²) in [6, 6.07) is 7.62. The predicted octanol–water partition coefficient (Wildman–Crippen LogP) is 3.01. The molecule has 2 N–H and O–H groups in total. The molecule has 0 saturated heterocycles. The predicted molar refractivity (Wildman–Crippen MR) is 88.1 cm³/mol. The maximum atomic E-state index is 13.0. The summed E-state index contributed by atoms with van der Waals surface area (Å²) in [7, 11) is 0. The molecule has 0 radical (unpaired) electrons. The van der Waals surface area contributed by atoms with Crippen molar-refractivity contribution in [3.8, 4) is 0 Å². The maximum Gasteiger partial charge on any atom is 0.274 e. The minimum Gasteiger partial charge on any atom is -0.387 e. The second-order valence-corrected chi connectivity index (χ2v) is 6.62. The Hall–Kier alpha value is -2.21. The van der Waals surface area contributed by atoms with E-state index < -0.39 is 6.10 Å². The van der Waals surface area contributed by atoms with Gasteiger partial charge in [-0.2, -0.15) is 5.10 Å². The van der Waals surface area contributed by atoms with Gasteiger partial charge in [0.1, 0.15) is 11.5 Å². The summed E-state index contributed by atoms with van der Waals surface area (Å²) in [6.45, 7) is 4.23. The highest BCUT2D eigenvalue weighted by Gasteiger charge is 2.35. The quantitative estimate of drug-likeness (QED) is 0.855. The Balaban J connectivity index is 1.74. The van der Waals surface area contributed by atoms with E-state index >= 15 is 0 Å². The van der Waals surface area contributed by atoms with Crippen LogP contribution in [0.2, 0.25) is 0 Å². The Bertz CT molecular complexity index is 707. The number of rotatable bonds is 6. The van der Waals surface area contributed by atoms with E-state index in [1.54, 1.807) is 23.1 Å². The smallest absolute Gasteiger partial charge is 0.274 e. The van der Waals surface area contributed by atoms with E-state index in [0.717, 1.165) is 18.5 Å². The van der Waals surface area contributed by atoms with Gasteiger partial charge < -0.3 is 10.0 Å². The van der Waals surface area contributed by atoms with E-state index in [0.29, 0.717) is 11.3 Å². The van der Waals surface area contributed by atoms with Gasteiger partial charge in [0.15, 0.2) is 0 Å². The Kier molecular flexibility index (Phi) is 4.66. The van der Waals surface area contributed by atoms with Gasteiger partial charge in [-0.1, -0.05) is 26.0 Å². The maximum absolute atomic E-state index is 13.0. The number of H-pyrrole nitrogens is 1. The second kappa shape index (κ2) is 6.73. The van der Waals surface area contributed by atoms with Gasteiger partial charge in [0.25, 0.3) is 5.91 Å². The molecular formula is C18H22FN3O2. The van der Waals surface area contributed by atoms with Crippen LogP contribution < -0.4 is 0 Å². The first kappa shape index (κ1) is 16.6. The number of aliphatic hydroxyl groups is 1. The number of aromatic amines is 1. The number of carbonyl (C=O) groups is 1. The molecule has 0 spiro atoms. The first-order valence-electron chi connectivity index (χ1n) is 8.25. The molecule has 0 bridgehead atoms. The van der Waals surface area contributed by atoms with Gasteiger partial charge in [-0.25, -0.2) is 4.39 Å². The molecule has 5 nitrogen and oxygen atoms in total. The highest BCUT2D eigenvalue weighted by molar-refractivity contribution is 5.92. The van der Waals surface area contributed by atoms with Crippen LogP contribution in [0, 0.1) is 5.82 Å². The third-order valence-corrected chi connectivity index (χ3v) is 4.31. The van der Waals surface area contributed by atoms with Crippen molar-refractivity contribution in [3.63, 3.8) is 0 Å². The fourth-order valence-electron chi connectivity index (χ4n) is 2.65. The zero-order chi connectivity index (χ0) is 17.3. The van der Waals surface area contributed by atoms with E-state index in [-0.39, 0.29) is 30.2 Å². The molecule has 128 valence electrons. The summed E-state index contributed by atoms with van der Waals surface area (Å²) in [5, 5.41) is 17.4. The van der Waals surface area contributed by atoms with E-state index in [4.69, 9.17) is 0 Å². The SMILES string of the molecule is CC(C)c1cc(C(=O)N(CC(O)c2ccc(F)cc2)C2CC2)n[nH]1. The third-order valence-electron chi connectivity index (χ3n) is 4.31. The molecule has 1 aromatic heterocycles. The second-order valence-electron chi connectivity index (χ2n) is 6.62. The van der Waals surface area contributed by atoms with Crippen LogP contribution in [-0.2, 0) is 0 Å². The fourth-order valence-corrected chi connectivity index (χ4v) is 2.65. The molecule has 24 heavy (non-hydrogen) atoms. The highest BCUT2D eigenvalue weighted by atomic mass is 19.1. The lowest BCUT2D eigenvalue weighted by Crippen LogP contribution is -2.36. The lowest BCUT2D eigenvalue weighted by molar-refractivity contribution is 0.0597. The molecule has 1 unspecified atom stereocenters. The van der Waals surface area contributed by atoms with Gasteiger partial charge in [-0.3, -0.25) is 9.89 Å². The van der Waals surface area contributed by atoms with Crippen LogP contribution in [0.5, 0.6) is 0 Å². The summed E-state index contributed by atoms with van der Waals surface area (Å²) in [5.41, 5.74) is 1.88. The molecule has 1 amide bonds. The minimum absolute atomic E-state index is 0.145. The number of hydrogen-bond acceptors (Lipinski definition) is 3. The van der Waals surface area contributed by atoms with Gasteiger partial charge in [-0.15, -0.1) is 0 Å². The highest BCUT2D eigenvalue weighted by Crippen LogP contribution is 2.30. The fraction of sp³-hybridized carbons (Fsp3) is 0.444. The number of benzene rings is 1. The molecule has 2 aromatic rings. The number of nitrogens with zero attached hydrogens (tertiary/aromatic N) is 2. The number of aromatic nitrogens is 2. The molecule has 6 heteroatoms. The Labute approximate surface area is 140 Å². The Morgan fingerprint density at radius 2 is 2.04 bits per heavy atom. The average molecular weight is 331 g/mol. The standard InChI is InChI=1S/C18H22FN3O2/c1-11(2)15-9-16(21-20-15)18(24)22(14-7-8-14)10-17(23)12-3-5-13(19)6-4-12/h3-6,9,11,14,17,23H,7-8,10H2,1-2H3,(H,20,21). The van der Waals surface area contributed by atoms with Gasteiger partial charge in [0, 0.05) is 11.7 Å². The van der Waals surface area contributed by atoms with Crippen LogP contribution in [0.15, 0.2) is 30.3 Å². The zero-order valence-electron chi connectivity index (χ0n) is 13.9. The van der Waals surface area contributed by atoms with Crippen molar-refractivity contribution in [2.75, 3.05) is 6.54 Å². The van der Waals surface area contributed by atoms with Crippen LogP contribution >= 0.6 is 0 Å². The summed E-state index contributed by atoms with van der Waals surface area (Å²) >= 11 is 0. The van der Waals surface area contributed by atoms with E-state index in [1.165, 1.54) is 12.1 Å². The number of nitrogens with one attached hydrogen (secondary N) is 1. The van der Waals surface area contributed by atoms with E-state index in [2.05, 4.69) is 10.2 Å². The van der Waals surface area contributed by atoms with Gasteiger partial charge in [0.05, 0.1) is 12.6 Å². The molecule has 1 heterocycles. The zero-order valence-corrected chi connectivity index (χ0v) is 13.9. The minimum atomic E-state index is -0.848. The van der Waals surface area contributed by atoms with Crippen molar-refractivity contribution in [1.29, 1.82) is 0 Å². The molecule has 1 saturated carbocycles. The van der Waals surface area contributed by atoms with Crippen molar-refractivity contribution in [2.24, 2.45) is 0 Å². The van der Waals surface area contributed by atoms with Crippen molar-refractivity contribution in [2.45, 2.75) is 44.8 Å². The first-order chi connectivity index (χ1) is 11.5. The molecule has 1 aliphatic rings. The van der Waals surface area contributed by atoms with E-state index in [1.807, 2.05) is 13.8 Å². The molecule has 1 fully saturated rings. The molecule has 0 aliphatic heterocycles. The topological polar surface area (TPSA) is 69.2 Å². The monoisotopic (exact) mass is 331 g/mol. The van der Waals surface area contributed by atoms with Gasteiger partial charge >= 0.3 is 0 Å². The van der Waals surface area contributed by atoms with Gasteiger partial charge in [-0.05, 0) is 42.5 Å². The van der Waals surface area contributed by atoms with Crippen LogP contribution in [0.25, 0.3) is 0 Å². The van der Waals surface area contributed by atoms with Crippen molar-refractivity contribution < 1.29 is 14.3 Å². The number of aliphatic hydroxyl groups excluding tert-OH is 1. The lowest BCUT2D eigenvalue weighted by atomic mass is 10.1. The van der Waals surface area contributed by atoms with Crippen molar-refractivity contribution in [3.05, 3.63) is 53.1 Å². The van der Waals surface area contributed by atoms with Gasteiger partial charge in [0.2, 0.25) is 0 Å². The lowest BCUT2D eigenvalue weighted by Gasteiger charge is -2.24. The number of halogens is 1. The first-order valence-corrected chi connectivity index (χ1v) is 8.25. The number of amides is 1.